The van der Waals surface area contributed by atoms with Gasteiger partial charge in [-0.15, -0.1) is 0 Å². The lowest BCUT2D eigenvalue weighted by Crippen LogP contribution is -2.17. The number of hydrogen-bond acceptors (Lipinski definition) is 5. The van der Waals surface area contributed by atoms with Gasteiger partial charge in [0.1, 0.15) is 5.76 Å². The Morgan fingerprint density at radius 2 is 2.14 bits per heavy atom. The predicted octanol–water partition coefficient (Wildman–Crippen LogP) is 1.68. The molecule has 0 unspecified atom stereocenters. The first kappa shape index (κ1) is 13.7. The van der Waals surface area contributed by atoms with Crippen LogP contribution in [0.5, 0.6) is 0 Å². The van der Waals surface area contributed by atoms with Crippen LogP contribution in [0.4, 0.5) is 5.69 Å². The summed E-state index contributed by atoms with van der Waals surface area (Å²) in [7, 11) is -2.20. The van der Waals surface area contributed by atoms with Crippen LogP contribution in [0.25, 0.3) is 10.9 Å². The third-order valence-corrected chi connectivity index (χ3v) is 4.36. The molecule has 0 fully saturated rings. The maximum atomic E-state index is 11.6. The average Bonchev–Trinajstić information content (AvgIpc) is 3.13. The van der Waals surface area contributed by atoms with Gasteiger partial charge < -0.3 is 9.73 Å². The van der Waals surface area contributed by atoms with Crippen LogP contribution < -0.4 is 10.0 Å². The number of H-pyrrole nitrogens is 1. The van der Waals surface area contributed by atoms with Crippen LogP contribution in [-0.2, 0) is 16.6 Å². The van der Waals surface area contributed by atoms with Crippen molar-refractivity contribution in [1.82, 2.24) is 14.9 Å². The predicted molar refractivity (Wildman–Crippen MR) is 78.4 cm³/mol. The van der Waals surface area contributed by atoms with E-state index in [1.807, 2.05) is 18.2 Å². The van der Waals surface area contributed by atoms with Crippen LogP contribution in [-0.4, -0.2) is 25.7 Å². The Hall–Kier alpha value is -2.32. The summed E-state index contributed by atoms with van der Waals surface area (Å²) in [6.07, 6.45) is 1.74. The van der Waals surface area contributed by atoms with Gasteiger partial charge in [-0.2, -0.15) is 5.10 Å². The zero-order valence-corrected chi connectivity index (χ0v) is 12.1. The molecule has 2 heterocycles. The molecule has 0 amide bonds. The molecule has 21 heavy (non-hydrogen) atoms. The van der Waals surface area contributed by atoms with Crippen molar-refractivity contribution in [2.45, 2.75) is 11.6 Å². The third-order valence-electron chi connectivity index (χ3n) is 3.08. The number of rotatable bonds is 5. The first-order valence-corrected chi connectivity index (χ1v) is 7.76. The zero-order valence-electron chi connectivity index (χ0n) is 11.3. The molecular weight excluding hydrogens is 292 g/mol. The second-order valence-electron chi connectivity index (χ2n) is 4.45. The molecule has 0 aliphatic heterocycles. The minimum Gasteiger partial charge on any atom is -0.446 e. The molecule has 1 aromatic carbocycles. The summed E-state index contributed by atoms with van der Waals surface area (Å²) in [5.74, 6) is 0.538. The highest BCUT2D eigenvalue weighted by atomic mass is 32.2. The van der Waals surface area contributed by atoms with Crippen molar-refractivity contribution in [2.75, 3.05) is 12.4 Å². The highest BCUT2D eigenvalue weighted by Crippen LogP contribution is 2.19. The normalized spacial score (nSPS) is 11.9. The number of aromatic amines is 1. The van der Waals surface area contributed by atoms with E-state index in [1.54, 1.807) is 12.3 Å². The van der Waals surface area contributed by atoms with E-state index in [0.717, 1.165) is 16.6 Å². The van der Waals surface area contributed by atoms with Crippen LogP contribution in [0.15, 0.2) is 46.0 Å². The molecule has 0 spiro atoms. The number of anilines is 1. The molecule has 3 N–H and O–H groups in total. The number of nitrogens with zero attached hydrogens (tertiary/aromatic N) is 1. The maximum Gasteiger partial charge on any atom is 0.273 e. The third kappa shape index (κ3) is 2.76. The summed E-state index contributed by atoms with van der Waals surface area (Å²) in [6.45, 7) is 0.391. The van der Waals surface area contributed by atoms with Crippen molar-refractivity contribution >= 4 is 26.6 Å². The summed E-state index contributed by atoms with van der Waals surface area (Å²) >= 11 is 0. The molecule has 3 rings (SSSR count). The Bertz CT molecular complexity index is 866. The minimum atomic E-state index is -3.54. The Morgan fingerprint density at radius 1 is 1.29 bits per heavy atom. The van der Waals surface area contributed by atoms with E-state index >= 15 is 0 Å². The van der Waals surface area contributed by atoms with Crippen molar-refractivity contribution in [1.29, 1.82) is 0 Å². The van der Waals surface area contributed by atoms with Gasteiger partial charge in [-0.1, -0.05) is 0 Å². The summed E-state index contributed by atoms with van der Waals surface area (Å²) in [6, 6.07) is 8.85. The number of fused-ring (bicyclic) bond motifs is 1. The highest BCUT2D eigenvalue weighted by molar-refractivity contribution is 7.89. The van der Waals surface area contributed by atoms with Crippen molar-refractivity contribution in [3.8, 4) is 0 Å². The quantitative estimate of drug-likeness (QED) is 0.666. The van der Waals surface area contributed by atoms with Crippen molar-refractivity contribution in [2.24, 2.45) is 0 Å². The van der Waals surface area contributed by atoms with Crippen molar-refractivity contribution in [3.63, 3.8) is 0 Å². The Kier molecular flexibility index (Phi) is 3.40. The molecule has 0 bridgehead atoms. The molecule has 0 aliphatic rings. The average molecular weight is 306 g/mol. The van der Waals surface area contributed by atoms with Crippen molar-refractivity contribution in [3.05, 3.63) is 42.3 Å². The summed E-state index contributed by atoms with van der Waals surface area (Å²) < 4.78 is 30.7. The molecule has 2 aromatic heterocycles. The fourth-order valence-corrected chi connectivity index (χ4v) is 2.61. The van der Waals surface area contributed by atoms with E-state index in [2.05, 4.69) is 20.2 Å². The van der Waals surface area contributed by atoms with Gasteiger partial charge in [0.2, 0.25) is 5.09 Å². The Balaban J connectivity index is 1.72. The lowest BCUT2D eigenvalue weighted by Gasteiger charge is -2.04. The Labute approximate surface area is 121 Å². The SMILES string of the molecule is CNS(=O)(=O)c1ccc(CNc2ccc3[nH]ncc3c2)o1. The fraction of sp³-hybridized carbons (Fsp3) is 0.154. The van der Waals surface area contributed by atoms with Gasteiger partial charge in [-0.3, -0.25) is 5.10 Å². The largest absolute Gasteiger partial charge is 0.446 e. The second kappa shape index (κ2) is 5.23. The van der Waals surface area contributed by atoms with Crippen LogP contribution in [0.3, 0.4) is 0 Å². The lowest BCUT2D eigenvalue weighted by atomic mass is 10.2. The minimum absolute atomic E-state index is 0.0907. The van der Waals surface area contributed by atoms with Gasteiger partial charge in [0, 0.05) is 11.1 Å². The van der Waals surface area contributed by atoms with Gasteiger partial charge in [0.05, 0.1) is 18.3 Å². The van der Waals surface area contributed by atoms with Crippen LogP contribution in [0.1, 0.15) is 5.76 Å². The van der Waals surface area contributed by atoms with E-state index in [9.17, 15) is 8.42 Å². The van der Waals surface area contributed by atoms with E-state index in [0.29, 0.717) is 12.3 Å². The standard InChI is InChI=1S/C13H14N4O3S/c1-14-21(18,19)13-5-3-11(20-13)8-15-10-2-4-12-9(6-10)7-16-17-12/h2-7,14-15H,8H2,1H3,(H,16,17). The number of nitrogens with one attached hydrogen (secondary N) is 3. The molecule has 0 atom stereocenters. The van der Waals surface area contributed by atoms with E-state index in [1.165, 1.54) is 13.1 Å². The van der Waals surface area contributed by atoms with Gasteiger partial charge in [-0.05, 0) is 37.4 Å². The first-order valence-electron chi connectivity index (χ1n) is 6.28. The lowest BCUT2D eigenvalue weighted by molar-refractivity contribution is 0.417. The fourth-order valence-electron chi connectivity index (χ4n) is 1.94. The first-order chi connectivity index (χ1) is 10.1. The van der Waals surface area contributed by atoms with E-state index in [4.69, 9.17) is 4.42 Å². The van der Waals surface area contributed by atoms with Crippen LogP contribution in [0, 0.1) is 0 Å². The summed E-state index contributed by atoms with van der Waals surface area (Å²) in [4.78, 5) is 0. The molecule has 110 valence electrons. The molecule has 8 heteroatoms. The van der Waals surface area contributed by atoms with Gasteiger partial charge in [-0.25, -0.2) is 13.1 Å². The van der Waals surface area contributed by atoms with Gasteiger partial charge >= 0.3 is 0 Å². The second-order valence-corrected chi connectivity index (χ2v) is 6.27. The topological polar surface area (TPSA) is 100 Å². The number of aromatic nitrogens is 2. The molecule has 0 radical (unpaired) electrons. The molecule has 0 saturated heterocycles. The molecule has 0 aliphatic carbocycles. The summed E-state index contributed by atoms with van der Waals surface area (Å²) in [5.41, 5.74) is 1.86. The number of sulfonamides is 1. The maximum absolute atomic E-state index is 11.6. The van der Waals surface area contributed by atoms with Gasteiger partial charge in [0.15, 0.2) is 0 Å². The zero-order chi connectivity index (χ0) is 14.9. The van der Waals surface area contributed by atoms with Crippen molar-refractivity contribution < 1.29 is 12.8 Å². The molecule has 3 aromatic rings. The summed E-state index contributed by atoms with van der Waals surface area (Å²) in [5, 5.41) is 10.9. The van der Waals surface area contributed by atoms with E-state index < -0.39 is 10.0 Å². The number of furan rings is 1. The van der Waals surface area contributed by atoms with E-state index in [-0.39, 0.29) is 5.09 Å². The monoisotopic (exact) mass is 306 g/mol. The smallest absolute Gasteiger partial charge is 0.273 e. The van der Waals surface area contributed by atoms with Gasteiger partial charge in [0.25, 0.3) is 10.0 Å². The number of benzene rings is 1. The molecule has 7 nitrogen and oxygen atoms in total. The molecule has 0 saturated carbocycles. The highest BCUT2D eigenvalue weighted by Gasteiger charge is 2.16. The molecular formula is C13H14N4O3S. The Morgan fingerprint density at radius 3 is 2.95 bits per heavy atom. The van der Waals surface area contributed by atoms with Crippen LogP contribution >= 0.6 is 0 Å². The number of hydrogen-bond donors (Lipinski definition) is 3. The van der Waals surface area contributed by atoms with Crippen LogP contribution in [0.2, 0.25) is 0 Å².